The van der Waals surface area contributed by atoms with Crippen LogP contribution in [0.25, 0.3) is 0 Å². The van der Waals surface area contributed by atoms with Crippen LogP contribution in [0.15, 0.2) is 0 Å². The highest BCUT2D eigenvalue weighted by atomic mass is 32.2. The van der Waals surface area contributed by atoms with E-state index in [9.17, 15) is 13.2 Å². The first-order chi connectivity index (χ1) is 8.58. The number of rotatable bonds is 3. The Labute approximate surface area is 115 Å². The molecule has 1 amide bonds. The molecule has 0 unspecified atom stereocenters. The largest absolute Gasteiger partial charge is 0.449 e. The van der Waals surface area contributed by atoms with Crippen molar-refractivity contribution in [3.63, 3.8) is 0 Å². The summed E-state index contributed by atoms with van der Waals surface area (Å²) in [5.41, 5.74) is -0.317. The minimum Gasteiger partial charge on any atom is -0.449 e. The minimum atomic E-state index is -3.42. The average molecular weight is 292 g/mol. The van der Waals surface area contributed by atoms with Crippen molar-refractivity contribution in [1.29, 1.82) is 0 Å². The average Bonchev–Trinajstić information content (AvgIpc) is 2.23. The van der Waals surface area contributed by atoms with E-state index in [0.717, 1.165) is 12.8 Å². The van der Waals surface area contributed by atoms with Gasteiger partial charge in [-0.15, -0.1) is 0 Å². The molecule has 7 heteroatoms. The number of nitrogens with two attached hydrogens (primary N) is 1. The number of carbonyl (C=O) groups excluding carboxylic acids is 1. The summed E-state index contributed by atoms with van der Waals surface area (Å²) in [5, 5.41) is 7.40. The van der Waals surface area contributed by atoms with Crippen LogP contribution in [-0.4, -0.2) is 31.9 Å². The summed E-state index contributed by atoms with van der Waals surface area (Å²) in [6.45, 7) is 5.97. The third-order valence-corrected chi connectivity index (χ3v) is 4.59. The lowest BCUT2D eigenvalue weighted by Gasteiger charge is -2.27. The SMILES string of the molecule is CC(C)(C)NC(=O)OCC1CCC(S(N)(=O)=O)CC1. The van der Waals surface area contributed by atoms with E-state index in [-0.39, 0.29) is 11.5 Å². The van der Waals surface area contributed by atoms with Crippen LogP contribution in [0, 0.1) is 5.92 Å². The molecule has 0 aromatic carbocycles. The van der Waals surface area contributed by atoms with Crippen LogP contribution >= 0.6 is 0 Å². The number of primary sulfonamides is 1. The number of nitrogens with one attached hydrogen (secondary N) is 1. The molecule has 0 aromatic heterocycles. The van der Waals surface area contributed by atoms with Gasteiger partial charge in [-0.3, -0.25) is 0 Å². The van der Waals surface area contributed by atoms with E-state index in [1.54, 1.807) is 0 Å². The van der Waals surface area contributed by atoms with Gasteiger partial charge in [0.05, 0.1) is 11.9 Å². The number of ether oxygens (including phenoxy) is 1. The summed E-state index contributed by atoms with van der Waals surface area (Å²) in [6.07, 6.45) is 2.12. The van der Waals surface area contributed by atoms with Crippen LogP contribution in [0.2, 0.25) is 0 Å². The zero-order chi connectivity index (χ0) is 14.7. The maximum Gasteiger partial charge on any atom is 0.407 e. The van der Waals surface area contributed by atoms with Crippen molar-refractivity contribution in [1.82, 2.24) is 5.32 Å². The van der Waals surface area contributed by atoms with Gasteiger partial charge in [0.2, 0.25) is 10.0 Å². The van der Waals surface area contributed by atoms with Crippen molar-refractivity contribution < 1.29 is 17.9 Å². The molecule has 0 saturated heterocycles. The van der Waals surface area contributed by atoms with Crippen molar-refractivity contribution in [2.45, 2.75) is 57.2 Å². The molecule has 112 valence electrons. The van der Waals surface area contributed by atoms with Gasteiger partial charge < -0.3 is 10.1 Å². The fourth-order valence-electron chi connectivity index (χ4n) is 2.16. The Balaban J connectivity index is 2.29. The van der Waals surface area contributed by atoms with Crippen LogP contribution in [0.5, 0.6) is 0 Å². The Morgan fingerprint density at radius 2 is 1.79 bits per heavy atom. The molecule has 0 radical (unpaired) electrons. The Morgan fingerprint density at radius 3 is 2.21 bits per heavy atom. The van der Waals surface area contributed by atoms with Crippen LogP contribution in [-0.2, 0) is 14.8 Å². The predicted octanol–water partition coefficient (Wildman–Crippen LogP) is 1.36. The molecule has 3 N–H and O–H groups in total. The van der Waals surface area contributed by atoms with E-state index in [4.69, 9.17) is 9.88 Å². The number of amides is 1. The maximum absolute atomic E-state index is 11.5. The lowest BCUT2D eigenvalue weighted by Crippen LogP contribution is -2.41. The topological polar surface area (TPSA) is 98.5 Å². The molecule has 0 aliphatic heterocycles. The predicted molar refractivity (Wildman–Crippen MR) is 73.1 cm³/mol. The van der Waals surface area contributed by atoms with E-state index >= 15 is 0 Å². The van der Waals surface area contributed by atoms with E-state index in [0.29, 0.717) is 19.4 Å². The highest BCUT2D eigenvalue weighted by Crippen LogP contribution is 2.27. The van der Waals surface area contributed by atoms with Crippen LogP contribution in [0.4, 0.5) is 4.79 Å². The van der Waals surface area contributed by atoms with Gasteiger partial charge in [-0.1, -0.05) is 0 Å². The maximum atomic E-state index is 11.5. The van der Waals surface area contributed by atoms with E-state index < -0.39 is 21.4 Å². The van der Waals surface area contributed by atoms with Gasteiger partial charge in [-0.2, -0.15) is 0 Å². The van der Waals surface area contributed by atoms with Crippen molar-refractivity contribution in [2.75, 3.05) is 6.61 Å². The van der Waals surface area contributed by atoms with E-state index in [2.05, 4.69) is 5.32 Å². The van der Waals surface area contributed by atoms with Gasteiger partial charge in [-0.05, 0) is 52.4 Å². The van der Waals surface area contributed by atoms with Crippen LogP contribution in [0.3, 0.4) is 0 Å². The quantitative estimate of drug-likeness (QED) is 0.820. The zero-order valence-electron chi connectivity index (χ0n) is 11.8. The third kappa shape index (κ3) is 6.24. The van der Waals surface area contributed by atoms with Crippen molar-refractivity contribution in [3.8, 4) is 0 Å². The lowest BCUT2D eigenvalue weighted by atomic mass is 9.89. The van der Waals surface area contributed by atoms with Crippen LogP contribution < -0.4 is 10.5 Å². The molecule has 19 heavy (non-hydrogen) atoms. The number of hydrogen-bond donors (Lipinski definition) is 2. The second-order valence-corrected chi connectivity index (χ2v) is 8.05. The number of sulfonamides is 1. The van der Waals surface area contributed by atoms with Gasteiger partial charge in [0.15, 0.2) is 0 Å². The van der Waals surface area contributed by atoms with Crippen LogP contribution in [0.1, 0.15) is 46.5 Å². The van der Waals surface area contributed by atoms with Crippen molar-refractivity contribution in [2.24, 2.45) is 11.1 Å². The van der Waals surface area contributed by atoms with Crippen molar-refractivity contribution >= 4 is 16.1 Å². The highest BCUT2D eigenvalue weighted by molar-refractivity contribution is 7.89. The monoisotopic (exact) mass is 292 g/mol. The minimum absolute atomic E-state index is 0.226. The molecule has 0 bridgehead atoms. The van der Waals surface area contributed by atoms with Gasteiger partial charge in [0, 0.05) is 5.54 Å². The third-order valence-electron chi connectivity index (χ3n) is 3.19. The molecular formula is C12H24N2O4S. The number of hydrogen-bond acceptors (Lipinski definition) is 4. The fourth-order valence-corrected chi connectivity index (χ4v) is 3.09. The van der Waals surface area contributed by atoms with Gasteiger partial charge in [0.1, 0.15) is 0 Å². The summed E-state index contributed by atoms with van der Waals surface area (Å²) >= 11 is 0. The van der Waals surface area contributed by atoms with Crippen molar-refractivity contribution in [3.05, 3.63) is 0 Å². The second kappa shape index (κ2) is 6.09. The summed E-state index contributed by atoms with van der Waals surface area (Å²) in [7, 11) is -3.42. The first kappa shape index (κ1) is 16.2. The summed E-state index contributed by atoms with van der Waals surface area (Å²) in [4.78, 5) is 11.5. The molecule has 0 aromatic rings. The van der Waals surface area contributed by atoms with Gasteiger partial charge >= 0.3 is 6.09 Å². The first-order valence-corrected chi connectivity index (χ1v) is 8.15. The summed E-state index contributed by atoms with van der Waals surface area (Å²) < 4.78 is 27.5. The standard InChI is InChI=1S/C12H24N2O4S/c1-12(2,3)14-11(15)18-8-9-4-6-10(7-5-9)19(13,16)17/h9-10H,4-8H2,1-3H3,(H,14,15)(H2,13,16,17). The Bertz CT molecular complexity index is 406. The fraction of sp³-hybridized carbons (Fsp3) is 0.917. The highest BCUT2D eigenvalue weighted by Gasteiger charge is 2.29. The molecule has 1 fully saturated rings. The lowest BCUT2D eigenvalue weighted by molar-refractivity contribution is 0.109. The number of carbonyl (C=O) groups is 1. The molecule has 0 spiro atoms. The summed E-state index contributed by atoms with van der Waals surface area (Å²) in [6, 6.07) is 0. The molecule has 1 aliphatic carbocycles. The molecule has 1 aliphatic rings. The Morgan fingerprint density at radius 1 is 1.26 bits per heavy atom. The number of alkyl carbamates (subject to hydrolysis) is 1. The molecule has 1 rings (SSSR count). The van der Waals surface area contributed by atoms with E-state index in [1.807, 2.05) is 20.8 Å². The molecule has 6 nitrogen and oxygen atoms in total. The Hall–Kier alpha value is -0.820. The summed E-state index contributed by atoms with van der Waals surface area (Å²) in [5.74, 6) is 0.226. The molecule has 0 atom stereocenters. The molecular weight excluding hydrogens is 268 g/mol. The molecule has 0 heterocycles. The Kier molecular flexibility index (Phi) is 5.20. The first-order valence-electron chi connectivity index (χ1n) is 6.54. The van der Waals surface area contributed by atoms with E-state index in [1.165, 1.54) is 0 Å². The molecule has 1 saturated carbocycles. The second-order valence-electron chi connectivity index (χ2n) is 6.21. The van der Waals surface area contributed by atoms with Gasteiger partial charge in [-0.25, -0.2) is 18.4 Å². The van der Waals surface area contributed by atoms with Gasteiger partial charge in [0.25, 0.3) is 0 Å². The normalized spacial score (nSPS) is 24.8. The zero-order valence-corrected chi connectivity index (χ0v) is 12.6. The smallest absolute Gasteiger partial charge is 0.407 e.